The minimum Gasteiger partial charge on any atom is -0.443 e. The molecule has 126 valence electrons. The quantitative estimate of drug-likeness (QED) is 0.765. The normalized spacial score (nSPS) is 17.3. The molecule has 2 rings (SSSR count). The molecule has 1 aromatic rings. The zero-order valence-corrected chi connectivity index (χ0v) is 15.9. The third-order valence-corrected chi connectivity index (χ3v) is 5.03. The van der Waals surface area contributed by atoms with Crippen molar-refractivity contribution < 1.29 is 14.3 Å². The first-order valence-corrected chi connectivity index (χ1v) is 9.02. The van der Waals surface area contributed by atoms with Crippen molar-refractivity contribution in [1.82, 2.24) is 4.98 Å². The molecule has 8 heteroatoms. The van der Waals surface area contributed by atoms with Gasteiger partial charge in [0.05, 0.1) is 18.0 Å². The maximum absolute atomic E-state index is 12.6. The minimum absolute atomic E-state index is 0.252. The Kier molecular flexibility index (Phi) is 5.65. The van der Waals surface area contributed by atoms with Crippen LogP contribution in [0.15, 0.2) is 9.98 Å². The van der Waals surface area contributed by atoms with Crippen molar-refractivity contribution in [2.75, 3.05) is 24.7 Å². The predicted octanol–water partition coefficient (Wildman–Crippen LogP) is 3.97. The van der Waals surface area contributed by atoms with Crippen molar-refractivity contribution in [2.24, 2.45) is 5.41 Å². The average Bonchev–Trinajstić information content (AvgIpc) is 2.90. The molecule has 0 spiro atoms. The van der Waals surface area contributed by atoms with Crippen LogP contribution in [0.3, 0.4) is 0 Å². The summed E-state index contributed by atoms with van der Waals surface area (Å²) in [6.45, 7) is 6.75. The molecule has 0 aliphatic carbocycles. The number of nitriles is 1. The van der Waals surface area contributed by atoms with Crippen molar-refractivity contribution in [3.63, 3.8) is 0 Å². The summed E-state index contributed by atoms with van der Waals surface area (Å²) in [5.74, 6) is 0. The molecule has 0 aromatic carbocycles. The Morgan fingerprint density at radius 2 is 2.22 bits per heavy atom. The number of halogens is 1. The maximum Gasteiger partial charge on any atom is 0.416 e. The first kappa shape index (κ1) is 18.2. The number of nitrogens with zero attached hydrogens (tertiary/aromatic N) is 3. The molecule has 0 unspecified atom stereocenters. The van der Waals surface area contributed by atoms with E-state index in [1.165, 1.54) is 16.2 Å². The van der Waals surface area contributed by atoms with Gasteiger partial charge in [-0.05, 0) is 49.5 Å². The van der Waals surface area contributed by atoms with Gasteiger partial charge in [0.25, 0.3) is 0 Å². The van der Waals surface area contributed by atoms with Gasteiger partial charge < -0.3 is 9.47 Å². The molecule has 23 heavy (non-hydrogen) atoms. The third kappa shape index (κ3) is 4.90. The molecule has 6 nitrogen and oxygen atoms in total. The molecule has 0 bridgehead atoms. The van der Waals surface area contributed by atoms with Crippen molar-refractivity contribution in [1.29, 1.82) is 5.26 Å². The van der Waals surface area contributed by atoms with Crippen LogP contribution in [-0.2, 0) is 9.47 Å². The van der Waals surface area contributed by atoms with E-state index >= 15 is 0 Å². The highest BCUT2D eigenvalue weighted by Gasteiger charge is 2.38. The summed E-state index contributed by atoms with van der Waals surface area (Å²) in [4.78, 5) is 18.4. The van der Waals surface area contributed by atoms with Gasteiger partial charge in [-0.2, -0.15) is 5.26 Å². The Hall–Kier alpha value is -1.17. The molecule has 0 radical (unpaired) electrons. The smallest absolute Gasteiger partial charge is 0.416 e. The van der Waals surface area contributed by atoms with Gasteiger partial charge in [-0.3, -0.25) is 4.90 Å². The fourth-order valence-corrected chi connectivity index (χ4v) is 3.51. The molecule has 1 saturated heterocycles. The van der Waals surface area contributed by atoms with E-state index in [0.717, 1.165) is 0 Å². The molecular weight excluding hydrogens is 382 g/mol. The molecule has 1 aliphatic rings. The summed E-state index contributed by atoms with van der Waals surface area (Å²) < 4.78 is 11.5. The summed E-state index contributed by atoms with van der Waals surface area (Å²) in [7, 11) is 0. The number of hydrogen-bond donors (Lipinski definition) is 0. The van der Waals surface area contributed by atoms with E-state index in [9.17, 15) is 10.1 Å². The molecule has 1 aliphatic heterocycles. The number of ether oxygens (including phenoxy) is 2. The zero-order chi connectivity index (χ0) is 17.1. The van der Waals surface area contributed by atoms with Crippen LogP contribution in [0.25, 0.3) is 0 Å². The lowest BCUT2D eigenvalue weighted by atomic mass is 9.81. The number of rotatable bonds is 3. The highest BCUT2D eigenvalue weighted by atomic mass is 79.9. The second-order valence-corrected chi connectivity index (χ2v) is 8.17. The number of carbonyl (C=O) groups excluding carboxylic acids is 1. The van der Waals surface area contributed by atoms with Crippen LogP contribution in [-0.4, -0.2) is 36.4 Å². The predicted molar refractivity (Wildman–Crippen MR) is 91.5 cm³/mol. The van der Waals surface area contributed by atoms with E-state index in [1.807, 2.05) is 20.8 Å². The molecule has 0 N–H and O–H groups in total. The topological polar surface area (TPSA) is 75.5 Å². The Labute approximate surface area is 148 Å². The van der Waals surface area contributed by atoms with Crippen molar-refractivity contribution in [3.05, 3.63) is 9.98 Å². The van der Waals surface area contributed by atoms with E-state index in [-0.39, 0.29) is 6.54 Å². The average molecular weight is 402 g/mol. The third-order valence-electron chi connectivity index (χ3n) is 3.46. The van der Waals surface area contributed by atoms with Crippen LogP contribution >= 0.6 is 27.3 Å². The minimum atomic E-state index is -0.632. The number of hydrogen-bond acceptors (Lipinski definition) is 6. The van der Waals surface area contributed by atoms with Crippen molar-refractivity contribution >= 4 is 38.5 Å². The summed E-state index contributed by atoms with van der Waals surface area (Å²) >= 11 is 4.64. The standard InChI is InChI=1S/C15H20BrN3O3S/c1-14(2,3)22-13(20)19(12-18-11(16)8-23-12)10-15(9-17)4-6-21-7-5-15/h8H,4-7,10H2,1-3H3. The van der Waals surface area contributed by atoms with Gasteiger partial charge in [0.2, 0.25) is 0 Å². The Balaban J connectivity index is 2.26. The van der Waals surface area contributed by atoms with Crippen molar-refractivity contribution in [3.8, 4) is 6.07 Å². The largest absolute Gasteiger partial charge is 0.443 e. The summed E-state index contributed by atoms with van der Waals surface area (Å²) in [6, 6.07) is 2.38. The van der Waals surface area contributed by atoms with E-state index in [0.29, 0.717) is 35.8 Å². The number of carbonyl (C=O) groups is 1. The molecule has 2 heterocycles. The number of thiazole rings is 1. The lowest BCUT2D eigenvalue weighted by Crippen LogP contribution is -2.45. The maximum atomic E-state index is 12.6. The monoisotopic (exact) mass is 401 g/mol. The summed E-state index contributed by atoms with van der Waals surface area (Å²) in [5, 5.41) is 12.0. The Morgan fingerprint density at radius 3 is 2.70 bits per heavy atom. The van der Waals surface area contributed by atoms with Gasteiger partial charge in [0.1, 0.15) is 10.2 Å². The number of amides is 1. The molecular formula is C15H20BrN3O3S. The lowest BCUT2D eigenvalue weighted by Gasteiger charge is -2.35. The van der Waals surface area contributed by atoms with Crippen LogP contribution in [0.4, 0.5) is 9.93 Å². The molecule has 1 amide bonds. The van der Waals surface area contributed by atoms with E-state index < -0.39 is 17.1 Å². The van der Waals surface area contributed by atoms with Crippen LogP contribution in [0, 0.1) is 16.7 Å². The van der Waals surface area contributed by atoms with Crippen LogP contribution in [0.5, 0.6) is 0 Å². The Bertz CT molecular complexity index is 600. The van der Waals surface area contributed by atoms with Gasteiger partial charge >= 0.3 is 6.09 Å². The van der Waals surface area contributed by atoms with Crippen LogP contribution in [0.1, 0.15) is 33.6 Å². The van der Waals surface area contributed by atoms with Crippen LogP contribution < -0.4 is 4.90 Å². The van der Waals surface area contributed by atoms with Gasteiger partial charge in [-0.15, -0.1) is 11.3 Å². The molecule has 1 aromatic heterocycles. The van der Waals surface area contributed by atoms with E-state index in [4.69, 9.17) is 9.47 Å². The number of aromatic nitrogens is 1. The highest BCUT2D eigenvalue weighted by molar-refractivity contribution is 9.10. The zero-order valence-electron chi connectivity index (χ0n) is 13.5. The first-order chi connectivity index (χ1) is 10.7. The summed E-state index contributed by atoms with van der Waals surface area (Å²) in [5.41, 5.74) is -1.24. The Morgan fingerprint density at radius 1 is 1.57 bits per heavy atom. The SMILES string of the molecule is CC(C)(C)OC(=O)N(CC1(C#N)CCOCC1)c1nc(Br)cs1. The second-order valence-electron chi connectivity index (χ2n) is 6.52. The van der Waals surface area contributed by atoms with Crippen LogP contribution in [0.2, 0.25) is 0 Å². The van der Waals surface area contributed by atoms with Gasteiger partial charge in [-0.25, -0.2) is 9.78 Å². The summed E-state index contributed by atoms with van der Waals surface area (Å²) in [6.07, 6.45) is 0.700. The molecule has 0 atom stereocenters. The molecule has 1 fully saturated rings. The number of anilines is 1. The van der Waals surface area contributed by atoms with Crippen molar-refractivity contribution in [2.45, 2.75) is 39.2 Å². The fraction of sp³-hybridized carbons (Fsp3) is 0.667. The van der Waals surface area contributed by atoms with Gasteiger partial charge in [-0.1, -0.05) is 0 Å². The molecule has 0 saturated carbocycles. The van der Waals surface area contributed by atoms with E-state index in [2.05, 4.69) is 27.0 Å². The second kappa shape index (κ2) is 7.16. The van der Waals surface area contributed by atoms with E-state index in [1.54, 1.807) is 5.38 Å². The van der Waals surface area contributed by atoms with Gasteiger partial charge in [0.15, 0.2) is 5.13 Å². The lowest BCUT2D eigenvalue weighted by molar-refractivity contribution is 0.0366. The first-order valence-electron chi connectivity index (χ1n) is 7.35. The fourth-order valence-electron chi connectivity index (χ4n) is 2.27. The van der Waals surface area contributed by atoms with Gasteiger partial charge in [0, 0.05) is 18.6 Å². The highest BCUT2D eigenvalue weighted by Crippen LogP contribution is 2.34.